The van der Waals surface area contributed by atoms with Crippen LogP contribution in [0, 0.1) is 0 Å². The van der Waals surface area contributed by atoms with Crippen molar-refractivity contribution in [1.82, 2.24) is 9.88 Å². The molecule has 0 spiro atoms. The highest BCUT2D eigenvalue weighted by atomic mass is 16.5. The number of aliphatic hydroxyl groups is 1. The first-order chi connectivity index (χ1) is 14.1. The molecule has 29 heavy (non-hydrogen) atoms. The summed E-state index contributed by atoms with van der Waals surface area (Å²) in [6.45, 7) is 0.0824. The van der Waals surface area contributed by atoms with Gasteiger partial charge in [0, 0.05) is 34.4 Å². The Morgan fingerprint density at radius 3 is 2.79 bits per heavy atom. The predicted molar refractivity (Wildman–Crippen MR) is 110 cm³/mol. The molecule has 1 aliphatic heterocycles. The van der Waals surface area contributed by atoms with Crippen LogP contribution in [-0.4, -0.2) is 53.7 Å². The lowest BCUT2D eigenvalue weighted by molar-refractivity contribution is -0.136. The van der Waals surface area contributed by atoms with Crippen molar-refractivity contribution >= 4 is 28.5 Å². The molecule has 3 N–H and O–H groups in total. The molecule has 0 saturated heterocycles. The molecular weight excluding hydrogens is 370 g/mol. The molecule has 0 saturated carbocycles. The van der Waals surface area contributed by atoms with Crippen LogP contribution in [0.4, 0.5) is 5.69 Å². The van der Waals surface area contributed by atoms with Crippen LogP contribution in [0.2, 0.25) is 0 Å². The Labute approximate surface area is 167 Å². The minimum atomic E-state index is -0.562. The highest BCUT2D eigenvalue weighted by molar-refractivity contribution is 6.08. The summed E-state index contributed by atoms with van der Waals surface area (Å²) in [5.41, 5.74) is 4.06. The maximum atomic E-state index is 12.7. The number of H-pyrrole nitrogens is 1. The van der Waals surface area contributed by atoms with Crippen LogP contribution in [0.1, 0.15) is 0 Å². The number of hydrogen-bond acceptors (Lipinski definition) is 5. The molecule has 7 heteroatoms. The standard InChI is InChI=1S/C22H21N3O4/c1-29-22(28)17-13-25(9-10-26)21(27)20(17)23-16-7-4-6-14(11-16)19-12-15-5-2-3-8-18(15)24-19/h2-8,11-12,23-24,26H,9-10,13H2,1H3. The molecule has 1 aromatic heterocycles. The zero-order chi connectivity index (χ0) is 20.4. The maximum Gasteiger partial charge on any atom is 0.337 e. The highest BCUT2D eigenvalue weighted by Gasteiger charge is 2.34. The topological polar surface area (TPSA) is 94.7 Å². The van der Waals surface area contributed by atoms with Crippen LogP contribution >= 0.6 is 0 Å². The molecule has 0 unspecified atom stereocenters. The van der Waals surface area contributed by atoms with Gasteiger partial charge >= 0.3 is 5.97 Å². The summed E-state index contributed by atoms with van der Waals surface area (Å²) in [6, 6.07) is 17.7. The normalized spacial score (nSPS) is 14.0. The van der Waals surface area contributed by atoms with Gasteiger partial charge in [0.15, 0.2) is 0 Å². The highest BCUT2D eigenvalue weighted by Crippen LogP contribution is 2.28. The molecule has 0 fully saturated rings. The number of aliphatic hydroxyl groups excluding tert-OH is 1. The van der Waals surface area contributed by atoms with Gasteiger partial charge < -0.3 is 25.0 Å². The number of nitrogens with one attached hydrogen (secondary N) is 2. The second-order valence-corrected chi connectivity index (χ2v) is 6.77. The Kier molecular flexibility index (Phi) is 5.05. The van der Waals surface area contributed by atoms with E-state index in [1.807, 2.05) is 48.5 Å². The molecule has 1 amide bonds. The minimum absolute atomic E-state index is 0.107. The number of carbonyl (C=O) groups is 2. The number of aromatic nitrogens is 1. The number of aromatic amines is 1. The molecular formula is C22H21N3O4. The SMILES string of the molecule is COC(=O)C1=C(Nc2cccc(-c3cc4ccccc4[nH]3)c2)C(=O)N(CCO)C1. The average molecular weight is 391 g/mol. The number of β-amino-alcohol motifs (C(OH)–C–C–N with tert-alkyl or cyclic N) is 1. The maximum absolute atomic E-state index is 12.7. The average Bonchev–Trinajstić information content (AvgIpc) is 3.31. The van der Waals surface area contributed by atoms with Gasteiger partial charge in [0.25, 0.3) is 5.91 Å². The molecule has 2 aromatic carbocycles. The summed E-state index contributed by atoms with van der Waals surface area (Å²) < 4.78 is 4.82. The minimum Gasteiger partial charge on any atom is -0.466 e. The predicted octanol–water partition coefficient (Wildman–Crippen LogP) is 2.51. The number of nitrogens with zero attached hydrogens (tertiary/aromatic N) is 1. The zero-order valence-electron chi connectivity index (χ0n) is 15.9. The van der Waals surface area contributed by atoms with Gasteiger partial charge in [-0.1, -0.05) is 30.3 Å². The molecule has 0 atom stereocenters. The van der Waals surface area contributed by atoms with Crippen molar-refractivity contribution in [2.75, 3.05) is 32.1 Å². The van der Waals surface area contributed by atoms with E-state index in [1.165, 1.54) is 12.0 Å². The number of ether oxygens (including phenoxy) is 1. The second-order valence-electron chi connectivity index (χ2n) is 6.77. The van der Waals surface area contributed by atoms with Gasteiger partial charge in [-0.05, 0) is 24.3 Å². The summed E-state index contributed by atoms with van der Waals surface area (Å²) in [7, 11) is 1.28. The number of anilines is 1. The van der Waals surface area contributed by atoms with Gasteiger partial charge in [0.1, 0.15) is 5.70 Å². The van der Waals surface area contributed by atoms with Crippen molar-refractivity contribution in [2.24, 2.45) is 0 Å². The first-order valence-electron chi connectivity index (χ1n) is 9.27. The molecule has 4 rings (SSSR count). The van der Waals surface area contributed by atoms with E-state index in [9.17, 15) is 14.7 Å². The van der Waals surface area contributed by atoms with E-state index in [1.54, 1.807) is 0 Å². The third-order valence-electron chi connectivity index (χ3n) is 4.93. The van der Waals surface area contributed by atoms with Crippen molar-refractivity contribution in [3.63, 3.8) is 0 Å². The summed E-state index contributed by atoms with van der Waals surface area (Å²) in [6.07, 6.45) is 0. The fourth-order valence-corrected chi connectivity index (χ4v) is 3.49. The molecule has 0 bridgehead atoms. The third-order valence-corrected chi connectivity index (χ3v) is 4.93. The molecule has 3 aromatic rings. The number of esters is 1. The molecule has 7 nitrogen and oxygen atoms in total. The number of benzene rings is 2. The van der Waals surface area contributed by atoms with Gasteiger partial charge in [-0.25, -0.2) is 4.79 Å². The summed E-state index contributed by atoms with van der Waals surface area (Å²) in [5, 5.41) is 13.4. The third kappa shape index (κ3) is 3.60. The quantitative estimate of drug-likeness (QED) is 0.562. The van der Waals surface area contributed by atoms with E-state index in [-0.39, 0.29) is 36.9 Å². The first kappa shape index (κ1) is 18.8. The molecule has 0 radical (unpaired) electrons. The van der Waals surface area contributed by atoms with Crippen molar-refractivity contribution < 1.29 is 19.4 Å². The fourth-order valence-electron chi connectivity index (χ4n) is 3.49. The van der Waals surface area contributed by atoms with E-state index in [0.717, 1.165) is 22.2 Å². The molecule has 1 aliphatic rings. The van der Waals surface area contributed by atoms with Crippen LogP contribution in [-0.2, 0) is 14.3 Å². The van der Waals surface area contributed by atoms with Crippen LogP contribution in [0.15, 0.2) is 65.9 Å². The fraction of sp³-hybridized carbons (Fsp3) is 0.182. The molecule has 148 valence electrons. The number of carbonyl (C=O) groups excluding carboxylic acids is 2. The van der Waals surface area contributed by atoms with Crippen LogP contribution in [0.5, 0.6) is 0 Å². The van der Waals surface area contributed by atoms with Crippen molar-refractivity contribution in [3.05, 3.63) is 65.9 Å². The number of amides is 1. The van der Waals surface area contributed by atoms with E-state index in [2.05, 4.69) is 16.4 Å². The summed E-state index contributed by atoms with van der Waals surface area (Å²) in [4.78, 5) is 29.6. The Morgan fingerprint density at radius 2 is 2.03 bits per heavy atom. The largest absolute Gasteiger partial charge is 0.466 e. The summed E-state index contributed by atoms with van der Waals surface area (Å²) in [5.74, 6) is -0.900. The van der Waals surface area contributed by atoms with Crippen LogP contribution < -0.4 is 5.32 Å². The number of methoxy groups -OCH3 is 1. The van der Waals surface area contributed by atoms with Crippen LogP contribution in [0.3, 0.4) is 0 Å². The number of hydrogen-bond donors (Lipinski definition) is 3. The van der Waals surface area contributed by atoms with Gasteiger partial charge in [-0.3, -0.25) is 4.79 Å². The van der Waals surface area contributed by atoms with Gasteiger partial charge in [0.2, 0.25) is 0 Å². The van der Waals surface area contributed by atoms with E-state index in [4.69, 9.17) is 4.74 Å². The zero-order valence-corrected chi connectivity index (χ0v) is 15.9. The lowest BCUT2D eigenvalue weighted by atomic mass is 10.1. The van der Waals surface area contributed by atoms with Gasteiger partial charge in [0.05, 0.1) is 25.8 Å². The molecule has 2 heterocycles. The van der Waals surface area contributed by atoms with E-state index < -0.39 is 5.97 Å². The monoisotopic (exact) mass is 391 g/mol. The second kappa shape index (κ2) is 7.81. The number of rotatable bonds is 6. The lowest BCUT2D eigenvalue weighted by Crippen LogP contribution is -2.31. The van der Waals surface area contributed by atoms with Crippen molar-refractivity contribution in [1.29, 1.82) is 0 Å². The Balaban J connectivity index is 1.65. The van der Waals surface area contributed by atoms with Crippen molar-refractivity contribution in [2.45, 2.75) is 0 Å². The Morgan fingerprint density at radius 1 is 1.21 bits per heavy atom. The lowest BCUT2D eigenvalue weighted by Gasteiger charge is -2.15. The number of para-hydroxylation sites is 1. The van der Waals surface area contributed by atoms with E-state index >= 15 is 0 Å². The van der Waals surface area contributed by atoms with Crippen LogP contribution in [0.25, 0.3) is 22.2 Å². The van der Waals surface area contributed by atoms with E-state index in [0.29, 0.717) is 5.69 Å². The molecule has 0 aliphatic carbocycles. The Bertz CT molecular complexity index is 1080. The summed E-state index contributed by atoms with van der Waals surface area (Å²) >= 11 is 0. The van der Waals surface area contributed by atoms with Gasteiger partial charge in [-0.2, -0.15) is 0 Å². The number of fused-ring (bicyclic) bond motifs is 1. The smallest absolute Gasteiger partial charge is 0.337 e. The Hall–Kier alpha value is -3.58. The first-order valence-corrected chi connectivity index (χ1v) is 9.27. The van der Waals surface area contributed by atoms with Crippen molar-refractivity contribution in [3.8, 4) is 11.3 Å². The van der Waals surface area contributed by atoms with Gasteiger partial charge in [-0.15, -0.1) is 0 Å².